The highest BCUT2D eigenvalue weighted by atomic mass is 35.5. The third kappa shape index (κ3) is 5.25. The Balaban J connectivity index is 1.90. The van der Waals surface area contributed by atoms with Gasteiger partial charge in [-0.05, 0) is 24.6 Å². The van der Waals surface area contributed by atoms with Gasteiger partial charge in [0.15, 0.2) is 0 Å². The van der Waals surface area contributed by atoms with Crippen molar-refractivity contribution in [2.24, 2.45) is 0 Å². The van der Waals surface area contributed by atoms with Crippen LogP contribution in [0.15, 0.2) is 42.6 Å². The highest BCUT2D eigenvalue weighted by Crippen LogP contribution is 2.21. The van der Waals surface area contributed by atoms with Gasteiger partial charge < -0.3 is 10.1 Å². The average Bonchev–Trinajstić information content (AvgIpc) is 2.59. The van der Waals surface area contributed by atoms with Crippen LogP contribution < -0.4 is 5.32 Å². The molecule has 1 amide bonds. The number of nitro benzene ring substituents is 1. The van der Waals surface area contributed by atoms with Gasteiger partial charge in [-0.1, -0.05) is 23.7 Å². The van der Waals surface area contributed by atoms with Crippen molar-refractivity contribution < 1.29 is 19.2 Å². The molecule has 0 spiro atoms. The quantitative estimate of drug-likeness (QED) is 0.479. The molecule has 0 bridgehead atoms. The zero-order valence-corrected chi connectivity index (χ0v) is 13.9. The standard InChI is InChI=1S/C16H14ClN3O5/c1-10(11-3-2-4-13(7-11)20(23)24)25-15(21)9-19-16(22)14-8-12(17)5-6-18-14/h2-8,10H,9H2,1H3,(H,19,22)/t10-/m0/s1. The van der Waals surface area contributed by atoms with E-state index in [1.165, 1.54) is 36.5 Å². The van der Waals surface area contributed by atoms with E-state index in [0.29, 0.717) is 10.6 Å². The lowest BCUT2D eigenvalue weighted by atomic mass is 10.1. The predicted octanol–water partition coefficient (Wildman–Crippen LogP) is 2.68. The van der Waals surface area contributed by atoms with Crippen molar-refractivity contribution in [3.05, 3.63) is 69.0 Å². The van der Waals surface area contributed by atoms with Gasteiger partial charge in [0.25, 0.3) is 11.6 Å². The number of non-ortho nitro benzene ring substituents is 1. The van der Waals surface area contributed by atoms with Crippen LogP contribution in [-0.4, -0.2) is 28.3 Å². The zero-order chi connectivity index (χ0) is 18.4. The minimum Gasteiger partial charge on any atom is -0.456 e. The minimum atomic E-state index is -0.700. The van der Waals surface area contributed by atoms with Crippen LogP contribution in [0.4, 0.5) is 5.69 Å². The first kappa shape index (κ1) is 18.3. The molecule has 2 rings (SSSR count). The summed E-state index contributed by atoms with van der Waals surface area (Å²) in [6.07, 6.45) is 0.675. The molecule has 1 heterocycles. The SMILES string of the molecule is C[C@H](OC(=O)CNC(=O)c1cc(Cl)ccn1)c1cccc([N+](=O)[O-])c1. The zero-order valence-electron chi connectivity index (χ0n) is 13.1. The van der Waals surface area contributed by atoms with E-state index in [0.717, 1.165) is 0 Å². The molecule has 1 N–H and O–H groups in total. The number of pyridine rings is 1. The van der Waals surface area contributed by atoms with E-state index in [2.05, 4.69) is 10.3 Å². The first-order valence-corrected chi connectivity index (χ1v) is 7.58. The van der Waals surface area contributed by atoms with Crippen LogP contribution in [0.2, 0.25) is 5.02 Å². The summed E-state index contributed by atoms with van der Waals surface area (Å²) in [4.78, 5) is 37.8. The lowest BCUT2D eigenvalue weighted by Crippen LogP contribution is -2.31. The summed E-state index contributed by atoms with van der Waals surface area (Å²) in [5.74, 6) is -1.25. The van der Waals surface area contributed by atoms with E-state index in [4.69, 9.17) is 16.3 Å². The molecule has 0 aliphatic rings. The van der Waals surface area contributed by atoms with Gasteiger partial charge in [-0.3, -0.25) is 24.7 Å². The van der Waals surface area contributed by atoms with Crippen molar-refractivity contribution in [1.82, 2.24) is 10.3 Å². The Morgan fingerprint density at radius 2 is 2.12 bits per heavy atom. The Kier molecular flexibility index (Phi) is 6.02. The number of nitro groups is 1. The molecule has 9 heteroatoms. The fourth-order valence-electron chi connectivity index (χ4n) is 1.97. The number of carbonyl (C=O) groups is 2. The Morgan fingerprint density at radius 3 is 2.80 bits per heavy atom. The number of hydrogen-bond acceptors (Lipinski definition) is 6. The number of halogens is 1. The van der Waals surface area contributed by atoms with Crippen LogP contribution in [-0.2, 0) is 9.53 Å². The third-order valence-corrected chi connectivity index (χ3v) is 3.44. The number of esters is 1. The Bertz CT molecular complexity index is 812. The number of amides is 1. The molecular weight excluding hydrogens is 350 g/mol. The van der Waals surface area contributed by atoms with Crippen molar-refractivity contribution in [2.45, 2.75) is 13.0 Å². The summed E-state index contributed by atoms with van der Waals surface area (Å²) in [7, 11) is 0. The molecule has 0 aliphatic heterocycles. The summed E-state index contributed by atoms with van der Waals surface area (Å²) in [5, 5.41) is 13.5. The second-order valence-electron chi connectivity index (χ2n) is 5.03. The number of benzene rings is 1. The number of carbonyl (C=O) groups excluding carboxylic acids is 2. The molecule has 1 aromatic heterocycles. The topological polar surface area (TPSA) is 111 Å². The molecule has 2 aromatic rings. The number of ether oxygens (including phenoxy) is 1. The third-order valence-electron chi connectivity index (χ3n) is 3.21. The normalized spacial score (nSPS) is 11.4. The molecule has 130 valence electrons. The Labute approximate surface area is 147 Å². The molecule has 0 aliphatic carbocycles. The van der Waals surface area contributed by atoms with Gasteiger partial charge in [-0.25, -0.2) is 0 Å². The highest BCUT2D eigenvalue weighted by molar-refractivity contribution is 6.30. The highest BCUT2D eigenvalue weighted by Gasteiger charge is 2.16. The van der Waals surface area contributed by atoms with Gasteiger partial charge in [0.05, 0.1) is 4.92 Å². The lowest BCUT2D eigenvalue weighted by molar-refractivity contribution is -0.385. The van der Waals surface area contributed by atoms with Crippen molar-refractivity contribution in [1.29, 1.82) is 0 Å². The maximum Gasteiger partial charge on any atom is 0.326 e. The van der Waals surface area contributed by atoms with Gasteiger partial charge in [0.2, 0.25) is 0 Å². The second kappa shape index (κ2) is 8.20. The van der Waals surface area contributed by atoms with Gasteiger partial charge in [-0.2, -0.15) is 0 Å². The molecule has 0 saturated heterocycles. The van der Waals surface area contributed by atoms with Crippen LogP contribution >= 0.6 is 11.6 Å². The number of hydrogen-bond donors (Lipinski definition) is 1. The summed E-state index contributed by atoms with van der Waals surface area (Å²) in [5.41, 5.74) is 0.457. The fraction of sp³-hybridized carbons (Fsp3) is 0.188. The van der Waals surface area contributed by atoms with Crippen molar-refractivity contribution >= 4 is 29.2 Å². The maximum atomic E-state index is 11.9. The molecule has 8 nitrogen and oxygen atoms in total. The van der Waals surface area contributed by atoms with Gasteiger partial charge >= 0.3 is 5.97 Å². The predicted molar refractivity (Wildman–Crippen MR) is 89.2 cm³/mol. The first-order chi connectivity index (χ1) is 11.9. The van der Waals surface area contributed by atoms with Crippen LogP contribution in [0, 0.1) is 10.1 Å². The number of rotatable bonds is 6. The number of aromatic nitrogens is 1. The van der Waals surface area contributed by atoms with Crippen LogP contribution in [0.3, 0.4) is 0 Å². The van der Waals surface area contributed by atoms with E-state index < -0.39 is 22.9 Å². The average molecular weight is 364 g/mol. The molecule has 0 unspecified atom stereocenters. The van der Waals surface area contributed by atoms with Gasteiger partial charge in [0.1, 0.15) is 18.3 Å². The largest absolute Gasteiger partial charge is 0.456 e. The second-order valence-corrected chi connectivity index (χ2v) is 5.46. The molecule has 0 radical (unpaired) electrons. The van der Waals surface area contributed by atoms with Crippen molar-refractivity contribution in [3.63, 3.8) is 0 Å². The summed E-state index contributed by atoms with van der Waals surface area (Å²) >= 11 is 5.76. The number of nitrogens with zero attached hydrogens (tertiary/aromatic N) is 2. The van der Waals surface area contributed by atoms with Crippen molar-refractivity contribution in [3.8, 4) is 0 Å². The Hall–Kier alpha value is -3.00. The molecule has 25 heavy (non-hydrogen) atoms. The molecule has 1 aromatic carbocycles. The fourth-order valence-corrected chi connectivity index (χ4v) is 2.13. The summed E-state index contributed by atoms with van der Waals surface area (Å²) in [6, 6.07) is 8.67. The van der Waals surface area contributed by atoms with E-state index in [9.17, 15) is 19.7 Å². The molecule has 0 saturated carbocycles. The first-order valence-electron chi connectivity index (χ1n) is 7.20. The van der Waals surface area contributed by atoms with E-state index in [1.54, 1.807) is 13.0 Å². The molecule has 0 fully saturated rings. The van der Waals surface area contributed by atoms with Gasteiger partial charge in [0, 0.05) is 23.4 Å². The molecular formula is C16H14ClN3O5. The summed E-state index contributed by atoms with van der Waals surface area (Å²) in [6.45, 7) is 1.21. The summed E-state index contributed by atoms with van der Waals surface area (Å²) < 4.78 is 5.16. The van der Waals surface area contributed by atoms with Crippen LogP contribution in [0.25, 0.3) is 0 Å². The minimum absolute atomic E-state index is 0.0760. The van der Waals surface area contributed by atoms with Crippen molar-refractivity contribution in [2.75, 3.05) is 6.54 Å². The van der Waals surface area contributed by atoms with E-state index >= 15 is 0 Å². The number of nitrogens with one attached hydrogen (secondary N) is 1. The van der Waals surface area contributed by atoms with E-state index in [1.807, 2.05) is 0 Å². The van der Waals surface area contributed by atoms with Crippen LogP contribution in [0.1, 0.15) is 29.1 Å². The Morgan fingerprint density at radius 1 is 1.36 bits per heavy atom. The van der Waals surface area contributed by atoms with E-state index in [-0.39, 0.29) is 17.9 Å². The molecule has 1 atom stereocenters. The smallest absolute Gasteiger partial charge is 0.326 e. The monoisotopic (exact) mass is 363 g/mol. The van der Waals surface area contributed by atoms with Crippen LogP contribution in [0.5, 0.6) is 0 Å². The lowest BCUT2D eigenvalue weighted by Gasteiger charge is -2.13. The maximum absolute atomic E-state index is 11.9. The van der Waals surface area contributed by atoms with Gasteiger partial charge in [-0.15, -0.1) is 0 Å².